The Labute approximate surface area is 266 Å². The molecule has 232 valence electrons. The Kier molecular flexibility index (Phi) is 7.59. The fourth-order valence-corrected chi connectivity index (χ4v) is 6.96. The zero-order chi connectivity index (χ0) is 32.4. The number of H-pyrrole nitrogens is 2. The number of aromatic amines is 2. The zero-order valence-corrected chi connectivity index (χ0v) is 28.2. The molecule has 0 aliphatic carbocycles. The Morgan fingerprint density at radius 2 is 1.44 bits per heavy atom. The van der Waals surface area contributed by atoms with Crippen LogP contribution in [0.5, 0.6) is 0 Å². The van der Waals surface area contributed by atoms with Crippen LogP contribution in [-0.4, -0.2) is 39.5 Å². The van der Waals surface area contributed by atoms with Gasteiger partial charge in [-0.2, -0.15) is 0 Å². The molecule has 0 fully saturated rings. The van der Waals surface area contributed by atoms with E-state index in [0.717, 1.165) is 78.2 Å². The number of ether oxygens (including phenoxy) is 1. The van der Waals surface area contributed by atoms with E-state index in [2.05, 4.69) is 115 Å². The van der Waals surface area contributed by atoms with Gasteiger partial charge in [0.05, 0.1) is 23.7 Å². The van der Waals surface area contributed by atoms with Crippen molar-refractivity contribution in [2.24, 2.45) is 9.98 Å². The minimum Gasteiger partial charge on any atom is -0.465 e. The van der Waals surface area contributed by atoms with Crippen molar-refractivity contribution in [2.45, 2.75) is 87.1 Å². The molecular formula is C39H44N4O2. The number of hydrogen-bond donors (Lipinski definition) is 2. The zero-order valence-electron chi connectivity index (χ0n) is 28.2. The molecule has 0 radical (unpaired) electrons. The van der Waals surface area contributed by atoms with Crippen molar-refractivity contribution >= 4 is 29.5 Å². The summed E-state index contributed by atoms with van der Waals surface area (Å²) < 4.78 is 5.89. The van der Waals surface area contributed by atoms with Crippen LogP contribution in [-0.2, 0) is 16.0 Å². The summed E-state index contributed by atoms with van der Waals surface area (Å²) in [4.78, 5) is 32.4. The molecule has 1 aromatic carbocycles. The highest BCUT2D eigenvalue weighted by Crippen LogP contribution is 2.48. The molecule has 0 amide bonds. The number of benzene rings is 1. The van der Waals surface area contributed by atoms with E-state index < -0.39 is 11.5 Å². The monoisotopic (exact) mass is 600 g/mol. The van der Waals surface area contributed by atoms with Gasteiger partial charge in [0.1, 0.15) is 11.5 Å². The second-order valence-corrected chi connectivity index (χ2v) is 13.0. The van der Waals surface area contributed by atoms with Crippen molar-refractivity contribution in [1.29, 1.82) is 0 Å². The van der Waals surface area contributed by atoms with Crippen LogP contribution in [0.3, 0.4) is 0 Å². The van der Waals surface area contributed by atoms with Gasteiger partial charge in [0, 0.05) is 28.5 Å². The summed E-state index contributed by atoms with van der Waals surface area (Å²) in [6, 6.07) is 8.56. The van der Waals surface area contributed by atoms with Gasteiger partial charge in [-0.05, 0) is 138 Å². The van der Waals surface area contributed by atoms with Crippen molar-refractivity contribution in [1.82, 2.24) is 9.97 Å². The van der Waals surface area contributed by atoms with E-state index in [1.54, 1.807) is 0 Å². The lowest BCUT2D eigenvalue weighted by Gasteiger charge is -2.36. The third-order valence-corrected chi connectivity index (χ3v) is 10.5. The summed E-state index contributed by atoms with van der Waals surface area (Å²) in [6.45, 7) is 21.3. The topological polar surface area (TPSA) is 82.6 Å². The van der Waals surface area contributed by atoms with E-state index in [1.165, 1.54) is 16.7 Å². The van der Waals surface area contributed by atoms with Crippen molar-refractivity contribution in [3.05, 3.63) is 114 Å². The van der Waals surface area contributed by atoms with Gasteiger partial charge in [-0.3, -0.25) is 9.79 Å². The molecule has 2 N–H and O–H groups in total. The highest BCUT2D eigenvalue weighted by atomic mass is 16.5. The SMILES string of the molecule is CCOC(=O)[C@@H]1c2[nH]c(c(C)c2C)/C=c2\[nH]/c(c(C)c2C)=C\C2=NC(=C\C3=N[C@]1(Cc1ccc(C)cc1)C(C)=C3C)/C(C)=C2C. The standard InChI is InChI=1S/C39H44N4O2/c1-11-45-38(44)36-37-26(8)25(7)34(42-37)17-32-22(4)21(3)30(40-32)16-31-23(5)24(6)33(41-31)18-35-27(9)28(10)39(36,43-35)19-29-14-12-20(2)13-15-29/h12-18,36,40,42H,11,19H2,1-10H3/b30-16-,32-17-,33-18-/t36-,39+/m0/s1. The number of allylic oxidation sites excluding steroid dienone is 4. The van der Waals surface area contributed by atoms with Gasteiger partial charge < -0.3 is 14.7 Å². The Morgan fingerprint density at radius 1 is 0.778 bits per heavy atom. The number of aryl methyl sites for hydroxylation is 1. The highest BCUT2D eigenvalue weighted by Gasteiger charge is 2.51. The summed E-state index contributed by atoms with van der Waals surface area (Å²) in [5.41, 5.74) is 14.9. The van der Waals surface area contributed by atoms with Crippen molar-refractivity contribution in [3.8, 4) is 0 Å². The Balaban J connectivity index is 1.73. The maximum atomic E-state index is 14.3. The molecule has 2 aromatic heterocycles. The van der Waals surface area contributed by atoms with Gasteiger partial charge in [-0.25, -0.2) is 4.99 Å². The number of nitrogens with one attached hydrogen (secondary N) is 2. The van der Waals surface area contributed by atoms with Crippen LogP contribution in [0.1, 0.15) is 85.3 Å². The van der Waals surface area contributed by atoms with Crippen LogP contribution in [0.15, 0.2) is 68.3 Å². The molecule has 0 spiro atoms. The first kappa shape index (κ1) is 30.6. The first-order valence-electron chi connectivity index (χ1n) is 15.9. The molecule has 45 heavy (non-hydrogen) atoms. The molecule has 3 aliphatic heterocycles. The number of esters is 1. The fraction of sp³-hybridized carbons (Fsp3) is 0.359. The largest absolute Gasteiger partial charge is 0.465 e. The van der Waals surface area contributed by atoms with Crippen LogP contribution >= 0.6 is 0 Å². The first-order chi connectivity index (χ1) is 21.4. The molecule has 2 atom stereocenters. The molecule has 0 saturated carbocycles. The van der Waals surface area contributed by atoms with Gasteiger partial charge in [0.15, 0.2) is 0 Å². The van der Waals surface area contributed by atoms with E-state index in [-0.39, 0.29) is 12.6 Å². The normalized spacial score (nSPS) is 23.6. The van der Waals surface area contributed by atoms with Crippen LogP contribution < -0.4 is 10.7 Å². The number of nitrogens with zero attached hydrogens (tertiary/aromatic N) is 2. The number of aromatic nitrogens is 2. The Bertz CT molecular complexity index is 2040. The summed E-state index contributed by atoms with van der Waals surface area (Å²) in [5.74, 6) is -0.960. The van der Waals surface area contributed by atoms with Crippen LogP contribution in [0.2, 0.25) is 0 Å². The lowest BCUT2D eigenvalue weighted by molar-refractivity contribution is -0.146. The molecule has 6 heteroatoms. The second kappa shape index (κ2) is 11.2. The summed E-state index contributed by atoms with van der Waals surface area (Å²) >= 11 is 0. The van der Waals surface area contributed by atoms with Gasteiger partial charge >= 0.3 is 5.97 Å². The van der Waals surface area contributed by atoms with Crippen LogP contribution in [0.25, 0.3) is 12.2 Å². The molecule has 6 nitrogen and oxygen atoms in total. The minimum atomic E-state index is -0.898. The molecule has 3 aromatic rings. The Morgan fingerprint density at radius 3 is 2.11 bits per heavy atom. The molecule has 8 bridgehead atoms. The van der Waals surface area contributed by atoms with Gasteiger partial charge in [0.25, 0.3) is 0 Å². The predicted octanol–water partition coefficient (Wildman–Crippen LogP) is 6.60. The van der Waals surface area contributed by atoms with E-state index in [9.17, 15) is 4.79 Å². The van der Waals surface area contributed by atoms with E-state index in [1.807, 2.05) is 6.92 Å². The average molecular weight is 601 g/mol. The molecule has 0 saturated heterocycles. The van der Waals surface area contributed by atoms with Gasteiger partial charge in [-0.1, -0.05) is 29.8 Å². The lowest BCUT2D eigenvalue weighted by atomic mass is 9.72. The summed E-state index contributed by atoms with van der Waals surface area (Å²) in [7, 11) is 0. The maximum Gasteiger partial charge on any atom is 0.317 e. The third kappa shape index (κ3) is 4.91. The maximum absolute atomic E-state index is 14.3. The number of carbonyl (C=O) groups excluding carboxylic acids is 1. The van der Waals surface area contributed by atoms with E-state index in [4.69, 9.17) is 14.7 Å². The number of aliphatic imine (C=N–C) groups is 2. The number of fused-ring (bicyclic) bond motifs is 6. The van der Waals surface area contributed by atoms with Gasteiger partial charge in [0.2, 0.25) is 0 Å². The fourth-order valence-electron chi connectivity index (χ4n) is 6.96. The van der Waals surface area contributed by atoms with E-state index in [0.29, 0.717) is 6.42 Å². The first-order valence-corrected chi connectivity index (χ1v) is 15.9. The quantitative estimate of drug-likeness (QED) is 0.331. The highest BCUT2D eigenvalue weighted by molar-refractivity contribution is 6.23. The molecule has 6 rings (SSSR count). The van der Waals surface area contributed by atoms with Crippen molar-refractivity contribution < 1.29 is 9.53 Å². The van der Waals surface area contributed by atoms with Crippen molar-refractivity contribution in [2.75, 3.05) is 6.61 Å². The summed E-state index contributed by atoms with van der Waals surface area (Å²) in [5, 5.41) is 2.08. The molecule has 5 heterocycles. The molecule has 3 aliphatic rings. The molecule has 0 unspecified atom stereocenters. The van der Waals surface area contributed by atoms with Gasteiger partial charge in [-0.15, -0.1) is 0 Å². The van der Waals surface area contributed by atoms with E-state index >= 15 is 0 Å². The lowest BCUT2D eigenvalue weighted by Crippen LogP contribution is -2.42. The second-order valence-electron chi connectivity index (χ2n) is 13.0. The van der Waals surface area contributed by atoms with Crippen LogP contribution in [0, 0.1) is 34.6 Å². The smallest absolute Gasteiger partial charge is 0.317 e. The van der Waals surface area contributed by atoms with Crippen LogP contribution in [0.4, 0.5) is 0 Å². The number of rotatable bonds is 4. The number of carbonyl (C=O) groups is 1. The summed E-state index contributed by atoms with van der Waals surface area (Å²) in [6.07, 6.45) is 6.98. The van der Waals surface area contributed by atoms with Crippen molar-refractivity contribution in [3.63, 3.8) is 0 Å². The predicted molar refractivity (Wildman–Crippen MR) is 185 cm³/mol. The average Bonchev–Trinajstić information content (AvgIpc) is 3.61. The molecular weight excluding hydrogens is 556 g/mol. The Hall–Kier alpha value is -4.45. The third-order valence-electron chi connectivity index (χ3n) is 10.5. The number of hydrogen-bond acceptors (Lipinski definition) is 4. The minimum absolute atomic E-state index is 0.275.